The standard InChI is InChI=1S/C21H17ClFN5O3/c1-3-31-21-26-17(22)16-19(27-21)28(18(25-16)14-8-15(23)10-24-9-14)11-12-4-6-13(7-5-12)20(29)30-2/h4-10H,3,11H2,1-2H3. The third-order valence-corrected chi connectivity index (χ3v) is 4.75. The lowest BCUT2D eigenvalue weighted by atomic mass is 10.1. The number of benzene rings is 1. The molecule has 0 aliphatic heterocycles. The Morgan fingerprint density at radius 3 is 2.61 bits per heavy atom. The summed E-state index contributed by atoms with van der Waals surface area (Å²) in [6.45, 7) is 2.50. The quantitative estimate of drug-likeness (QED) is 0.331. The van der Waals surface area contributed by atoms with Gasteiger partial charge >= 0.3 is 12.0 Å². The summed E-state index contributed by atoms with van der Waals surface area (Å²) in [6, 6.07) is 8.35. The average Bonchev–Trinajstić information content (AvgIpc) is 3.13. The molecule has 4 aromatic rings. The van der Waals surface area contributed by atoms with Gasteiger partial charge in [-0.25, -0.2) is 14.2 Å². The Hall–Kier alpha value is -3.59. The zero-order valence-corrected chi connectivity index (χ0v) is 17.4. The molecule has 0 spiro atoms. The minimum Gasteiger partial charge on any atom is -0.465 e. The summed E-state index contributed by atoms with van der Waals surface area (Å²) in [5.41, 5.74) is 2.53. The zero-order valence-electron chi connectivity index (χ0n) is 16.7. The van der Waals surface area contributed by atoms with Crippen LogP contribution in [0, 0.1) is 5.82 Å². The van der Waals surface area contributed by atoms with Gasteiger partial charge in [0, 0.05) is 11.8 Å². The Balaban J connectivity index is 1.86. The maximum atomic E-state index is 13.8. The smallest absolute Gasteiger partial charge is 0.337 e. The van der Waals surface area contributed by atoms with E-state index in [1.165, 1.54) is 19.4 Å². The first kappa shape index (κ1) is 20.7. The summed E-state index contributed by atoms with van der Waals surface area (Å²) in [5.74, 6) is -0.498. The Kier molecular flexibility index (Phi) is 5.77. The highest BCUT2D eigenvalue weighted by Crippen LogP contribution is 2.29. The Morgan fingerprint density at radius 2 is 1.94 bits per heavy atom. The molecular formula is C21H17ClFN5O3. The monoisotopic (exact) mass is 441 g/mol. The number of carbonyl (C=O) groups is 1. The number of nitrogens with zero attached hydrogens (tertiary/aromatic N) is 5. The molecule has 0 unspecified atom stereocenters. The molecule has 31 heavy (non-hydrogen) atoms. The van der Waals surface area contributed by atoms with Crippen molar-refractivity contribution in [3.63, 3.8) is 0 Å². The highest BCUT2D eigenvalue weighted by atomic mass is 35.5. The predicted molar refractivity (Wildman–Crippen MR) is 112 cm³/mol. The van der Waals surface area contributed by atoms with E-state index in [1.807, 2.05) is 6.92 Å². The number of hydrogen-bond acceptors (Lipinski definition) is 7. The molecule has 0 N–H and O–H groups in total. The normalized spacial score (nSPS) is 11.0. The van der Waals surface area contributed by atoms with Crippen molar-refractivity contribution in [1.29, 1.82) is 0 Å². The lowest BCUT2D eigenvalue weighted by Gasteiger charge is -2.10. The second-order valence-electron chi connectivity index (χ2n) is 6.50. The molecular weight excluding hydrogens is 425 g/mol. The molecule has 158 valence electrons. The van der Waals surface area contributed by atoms with Gasteiger partial charge in [-0.1, -0.05) is 23.7 Å². The first-order chi connectivity index (χ1) is 15.0. The van der Waals surface area contributed by atoms with Gasteiger partial charge in [0.05, 0.1) is 32.0 Å². The van der Waals surface area contributed by atoms with Crippen molar-refractivity contribution in [2.45, 2.75) is 13.5 Å². The molecule has 10 heteroatoms. The van der Waals surface area contributed by atoms with E-state index in [-0.39, 0.29) is 11.2 Å². The predicted octanol–water partition coefficient (Wildman–Crippen LogP) is 3.91. The summed E-state index contributed by atoms with van der Waals surface area (Å²) < 4.78 is 25.8. The molecule has 0 radical (unpaired) electrons. The van der Waals surface area contributed by atoms with Gasteiger partial charge in [-0.2, -0.15) is 9.97 Å². The molecule has 8 nitrogen and oxygen atoms in total. The third-order valence-electron chi connectivity index (χ3n) is 4.48. The van der Waals surface area contributed by atoms with Gasteiger partial charge in [0.25, 0.3) is 0 Å². The minimum absolute atomic E-state index is 0.117. The van der Waals surface area contributed by atoms with Crippen molar-refractivity contribution in [3.8, 4) is 17.4 Å². The molecule has 1 aromatic carbocycles. The van der Waals surface area contributed by atoms with Crippen LogP contribution in [-0.4, -0.2) is 44.2 Å². The van der Waals surface area contributed by atoms with Crippen LogP contribution in [0.1, 0.15) is 22.8 Å². The number of imidazole rings is 1. The number of hydrogen-bond donors (Lipinski definition) is 0. The van der Waals surface area contributed by atoms with Crippen LogP contribution in [0.3, 0.4) is 0 Å². The van der Waals surface area contributed by atoms with Gasteiger partial charge in [-0.05, 0) is 30.7 Å². The fourth-order valence-corrected chi connectivity index (χ4v) is 3.29. The van der Waals surface area contributed by atoms with E-state index in [1.54, 1.807) is 28.8 Å². The van der Waals surface area contributed by atoms with Crippen molar-refractivity contribution in [2.75, 3.05) is 13.7 Å². The van der Waals surface area contributed by atoms with E-state index in [9.17, 15) is 9.18 Å². The number of pyridine rings is 1. The summed E-state index contributed by atoms with van der Waals surface area (Å²) in [7, 11) is 1.33. The number of methoxy groups -OCH3 is 1. The van der Waals surface area contributed by atoms with Gasteiger partial charge in [0.15, 0.2) is 10.8 Å². The summed E-state index contributed by atoms with van der Waals surface area (Å²) >= 11 is 6.33. The minimum atomic E-state index is -0.495. The fourth-order valence-electron chi connectivity index (χ4n) is 3.09. The van der Waals surface area contributed by atoms with Gasteiger partial charge in [-0.15, -0.1) is 0 Å². The lowest BCUT2D eigenvalue weighted by Crippen LogP contribution is -2.06. The molecule has 3 aromatic heterocycles. The van der Waals surface area contributed by atoms with Gasteiger partial charge in [0.2, 0.25) is 0 Å². The molecule has 0 saturated carbocycles. The van der Waals surface area contributed by atoms with Crippen molar-refractivity contribution < 1.29 is 18.7 Å². The molecule has 0 aliphatic rings. The van der Waals surface area contributed by atoms with Crippen molar-refractivity contribution in [1.82, 2.24) is 24.5 Å². The molecule has 3 heterocycles. The highest BCUT2D eigenvalue weighted by molar-refractivity contribution is 6.33. The molecule has 0 fully saturated rings. The Bertz CT molecular complexity index is 1260. The zero-order chi connectivity index (χ0) is 22.0. The maximum absolute atomic E-state index is 13.8. The Labute approximate surface area is 181 Å². The summed E-state index contributed by atoms with van der Waals surface area (Å²) in [6.07, 6.45) is 2.62. The van der Waals surface area contributed by atoms with Crippen LogP contribution >= 0.6 is 11.6 Å². The van der Waals surface area contributed by atoms with Gasteiger partial charge < -0.3 is 14.0 Å². The number of ether oxygens (including phenoxy) is 2. The molecule has 0 aliphatic carbocycles. The lowest BCUT2D eigenvalue weighted by molar-refractivity contribution is 0.0600. The van der Waals surface area contributed by atoms with Crippen LogP contribution in [0.2, 0.25) is 5.15 Å². The highest BCUT2D eigenvalue weighted by Gasteiger charge is 2.20. The fraction of sp³-hybridized carbons (Fsp3) is 0.190. The molecule has 4 rings (SSSR count). The molecule has 0 bridgehead atoms. The van der Waals surface area contributed by atoms with E-state index < -0.39 is 11.8 Å². The Morgan fingerprint density at radius 1 is 1.16 bits per heavy atom. The number of halogens is 2. The van der Waals surface area contributed by atoms with Crippen molar-refractivity contribution in [2.24, 2.45) is 0 Å². The number of carbonyl (C=O) groups excluding carboxylic acids is 1. The number of aromatic nitrogens is 5. The third kappa shape index (κ3) is 4.17. The van der Waals surface area contributed by atoms with Crippen LogP contribution in [-0.2, 0) is 11.3 Å². The van der Waals surface area contributed by atoms with E-state index in [4.69, 9.17) is 21.1 Å². The second kappa shape index (κ2) is 8.65. The van der Waals surface area contributed by atoms with E-state index in [0.717, 1.165) is 11.8 Å². The first-order valence-corrected chi connectivity index (χ1v) is 9.72. The largest absolute Gasteiger partial charge is 0.465 e. The van der Waals surface area contributed by atoms with Crippen LogP contribution in [0.5, 0.6) is 6.01 Å². The second-order valence-corrected chi connectivity index (χ2v) is 6.86. The number of rotatable bonds is 6. The van der Waals surface area contributed by atoms with E-state index >= 15 is 0 Å². The average molecular weight is 442 g/mol. The number of esters is 1. The number of fused-ring (bicyclic) bond motifs is 1. The van der Waals surface area contributed by atoms with Crippen molar-refractivity contribution in [3.05, 3.63) is 64.8 Å². The molecule has 0 atom stereocenters. The molecule has 0 amide bonds. The van der Waals surface area contributed by atoms with Gasteiger partial charge in [-0.3, -0.25) is 4.98 Å². The maximum Gasteiger partial charge on any atom is 0.337 e. The molecule has 0 saturated heterocycles. The van der Waals surface area contributed by atoms with E-state index in [2.05, 4.69) is 19.9 Å². The van der Waals surface area contributed by atoms with Crippen LogP contribution < -0.4 is 4.74 Å². The SMILES string of the molecule is CCOc1nc(Cl)c2nc(-c3cncc(F)c3)n(Cc3ccc(C(=O)OC)cc3)c2n1. The van der Waals surface area contributed by atoms with Crippen molar-refractivity contribution >= 4 is 28.7 Å². The van der Waals surface area contributed by atoms with Gasteiger partial charge in [0.1, 0.15) is 17.2 Å². The summed E-state index contributed by atoms with van der Waals surface area (Å²) in [4.78, 5) is 28.7. The first-order valence-electron chi connectivity index (χ1n) is 9.35. The van der Waals surface area contributed by atoms with Crippen LogP contribution in [0.4, 0.5) is 4.39 Å². The van der Waals surface area contributed by atoms with E-state index in [0.29, 0.717) is 41.3 Å². The summed E-state index contributed by atoms with van der Waals surface area (Å²) in [5, 5.41) is 0.124. The van der Waals surface area contributed by atoms with Crippen LogP contribution in [0.25, 0.3) is 22.6 Å². The van der Waals surface area contributed by atoms with Crippen LogP contribution in [0.15, 0.2) is 42.7 Å². The topological polar surface area (TPSA) is 92.0 Å².